The van der Waals surface area contributed by atoms with E-state index in [1.54, 1.807) is 6.20 Å². The molecule has 0 unspecified atom stereocenters. The Kier molecular flexibility index (Phi) is 1.16. The van der Waals surface area contributed by atoms with Crippen molar-refractivity contribution in [1.82, 2.24) is 5.32 Å². The molecule has 0 saturated carbocycles. The van der Waals surface area contributed by atoms with E-state index in [0.29, 0.717) is 12.1 Å². The van der Waals surface area contributed by atoms with Crippen molar-refractivity contribution in [3.05, 3.63) is 24.4 Å². The molecular formula is C6H7NO. The summed E-state index contributed by atoms with van der Waals surface area (Å²) in [6.07, 6.45) is 3.11. The monoisotopic (exact) mass is 109 g/mol. The zero-order valence-electron chi connectivity index (χ0n) is 4.48. The van der Waals surface area contributed by atoms with Crippen molar-refractivity contribution in [2.75, 3.05) is 6.54 Å². The lowest BCUT2D eigenvalue weighted by Gasteiger charge is -2.05. The summed E-state index contributed by atoms with van der Waals surface area (Å²) in [5.74, 6) is 0.0313. The van der Waals surface area contributed by atoms with Gasteiger partial charge in [-0.15, -0.1) is 0 Å². The Bertz CT molecular complexity index is 158. The molecule has 1 aliphatic heterocycles. The number of carbonyl (C=O) groups excluding carboxylic acids is 1. The van der Waals surface area contributed by atoms with Gasteiger partial charge in [-0.2, -0.15) is 0 Å². The van der Waals surface area contributed by atoms with Crippen molar-refractivity contribution >= 4 is 5.78 Å². The van der Waals surface area contributed by atoms with E-state index in [1.807, 2.05) is 0 Å². The topological polar surface area (TPSA) is 29.1 Å². The molecule has 1 aliphatic rings. The molecule has 8 heavy (non-hydrogen) atoms. The first-order valence-corrected chi connectivity index (χ1v) is 2.43. The fraction of sp³-hybridized carbons (Fsp3) is 0.167. The highest BCUT2D eigenvalue weighted by Crippen LogP contribution is 1.95. The highest BCUT2D eigenvalue weighted by molar-refractivity contribution is 6.04. The largest absolute Gasteiger partial charge is 0.387 e. The minimum absolute atomic E-state index is 0.0313. The molecule has 0 aliphatic carbocycles. The van der Waals surface area contributed by atoms with Gasteiger partial charge < -0.3 is 5.32 Å². The molecule has 0 spiro atoms. The number of allylic oxidation sites excluding steroid dienone is 1. The Morgan fingerprint density at radius 3 is 2.88 bits per heavy atom. The average Bonchev–Trinajstić information content (AvgIpc) is 1.77. The third kappa shape index (κ3) is 0.780. The summed E-state index contributed by atoms with van der Waals surface area (Å²) < 4.78 is 0. The molecule has 0 bridgehead atoms. The highest BCUT2D eigenvalue weighted by atomic mass is 16.1. The summed E-state index contributed by atoms with van der Waals surface area (Å²) in [6, 6.07) is 0. The molecule has 0 aromatic carbocycles. The quantitative estimate of drug-likeness (QED) is 0.451. The summed E-state index contributed by atoms with van der Waals surface area (Å²) in [4.78, 5) is 10.6. The van der Waals surface area contributed by atoms with Gasteiger partial charge in [0.05, 0.1) is 0 Å². The van der Waals surface area contributed by atoms with Crippen LogP contribution in [0.3, 0.4) is 0 Å². The number of hydrogen-bond acceptors (Lipinski definition) is 2. The summed E-state index contributed by atoms with van der Waals surface area (Å²) in [5.41, 5.74) is 0.632. The van der Waals surface area contributed by atoms with E-state index >= 15 is 0 Å². The maximum Gasteiger partial charge on any atom is 0.184 e. The molecule has 1 heterocycles. The van der Waals surface area contributed by atoms with Gasteiger partial charge in [-0.1, -0.05) is 6.58 Å². The van der Waals surface area contributed by atoms with E-state index in [9.17, 15) is 4.79 Å². The predicted molar refractivity (Wildman–Crippen MR) is 31.3 cm³/mol. The van der Waals surface area contributed by atoms with Gasteiger partial charge >= 0.3 is 0 Å². The Balaban J connectivity index is 2.75. The van der Waals surface area contributed by atoms with Crippen LogP contribution >= 0.6 is 0 Å². The summed E-state index contributed by atoms with van der Waals surface area (Å²) in [6.45, 7) is 4.12. The molecule has 0 radical (unpaired) electrons. The zero-order chi connectivity index (χ0) is 5.98. The normalized spacial score (nSPS) is 18.5. The van der Waals surface area contributed by atoms with Gasteiger partial charge in [0, 0.05) is 24.4 Å². The minimum atomic E-state index is 0.0313. The van der Waals surface area contributed by atoms with Crippen molar-refractivity contribution in [2.24, 2.45) is 0 Å². The van der Waals surface area contributed by atoms with E-state index in [1.165, 1.54) is 6.08 Å². The zero-order valence-corrected chi connectivity index (χ0v) is 4.48. The van der Waals surface area contributed by atoms with Gasteiger partial charge in [0.2, 0.25) is 0 Å². The van der Waals surface area contributed by atoms with Crippen molar-refractivity contribution < 1.29 is 4.79 Å². The van der Waals surface area contributed by atoms with Crippen LogP contribution in [0.15, 0.2) is 24.4 Å². The number of rotatable bonds is 0. The van der Waals surface area contributed by atoms with Gasteiger partial charge in [0.1, 0.15) is 0 Å². The van der Waals surface area contributed by atoms with Gasteiger partial charge in [-0.05, 0) is 0 Å². The Morgan fingerprint density at radius 2 is 2.50 bits per heavy atom. The Labute approximate surface area is 47.9 Å². The fourth-order valence-corrected chi connectivity index (χ4v) is 0.522. The molecule has 42 valence electrons. The minimum Gasteiger partial charge on any atom is -0.387 e. The molecule has 0 aromatic rings. The number of nitrogens with one attached hydrogen (secondary N) is 1. The molecule has 1 N–H and O–H groups in total. The van der Waals surface area contributed by atoms with Gasteiger partial charge in [-0.3, -0.25) is 4.79 Å². The number of carbonyl (C=O) groups is 1. The van der Waals surface area contributed by atoms with Crippen molar-refractivity contribution in [2.45, 2.75) is 0 Å². The second-order valence-electron chi connectivity index (χ2n) is 1.68. The van der Waals surface area contributed by atoms with E-state index in [0.717, 1.165) is 0 Å². The maximum atomic E-state index is 10.6. The second kappa shape index (κ2) is 1.82. The summed E-state index contributed by atoms with van der Waals surface area (Å²) in [5, 5.41) is 2.86. The average molecular weight is 109 g/mol. The molecule has 0 saturated heterocycles. The van der Waals surface area contributed by atoms with Crippen LogP contribution in [-0.4, -0.2) is 12.3 Å². The first-order valence-electron chi connectivity index (χ1n) is 2.43. The molecule has 0 atom stereocenters. The van der Waals surface area contributed by atoms with Gasteiger partial charge in [0.25, 0.3) is 0 Å². The standard InChI is InChI=1S/C6H7NO/c1-5-4-7-3-2-6(5)8/h2-3,7H,1,4H2. The van der Waals surface area contributed by atoms with Crippen LogP contribution in [0.2, 0.25) is 0 Å². The predicted octanol–water partition coefficient (Wildman–Crippen LogP) is 0.229. The highest BCUT2D eigenvalue weighted by Gasteiger charge is 2.04. The van der Waals surface area contributed by atoms with Crippen molar-refractivity contribution in [1.29, 1.82) is 0 Å². The molecule has 1 rings (SSSR count). The number of hydrogen-bond donors (Lipinski definition) is 1. The first kappa shape index (κ1) is 5.09. The molecule has 2 heteroatoms. The maximum absolute atomic E-state index is 10.6. The van der Waals surface area contributed by atoms with Crippen molar-refractivity contribution in [3.63, 3.8) is 0 Å². The van der Waals surface area contributed by atoms with Crippen LogP contribution in [0.1, 0.15) is 0 Å². The Hall–Kier alpha value is -1.05. The van der Waals surface area contributed by atoms with E-state index in [4.69, 9.17) is 0 Å². The third-order valence-electron chi connectivity index (χ3n) is 1.02. The van der Waals surface area contributed by atoms with E-state index in [-0.39, 0.29) is 5.78 Å². The van der Waals surface area contributed by atoms with E-state index < -0.39 is 0 Å². The Morgan fingerprint density at radius 1 is 1.75 bits per heavy atom. The number of ketones is 1. The lowest BCUT2D eigenvalue weighted by molar-refractivity contribution is -0.111. The van der Waals surface area contributed by atoms with Crippen LogP contribution in [-0.2, 0) is 4.79 Å². The van der Waals surface area contributed by atoms with Crippen LogP contribution in [0, 0.1) is 0 Å². The fourth-order valence-electron chi connectivity index (χ4n) is 0.522. The molecule has 0 aromatic heterocycles. The smallest absolute Gasteiger partial charge is 0.184 e. The van der Waals surface area contributed by atoms with Crippen molar-refractivity contribution in [3.8, 4) is 0 Å². The molecule has 2 nitrogen and oxygen atoms in total. The lowest BCUT2D eigenvalue weighted by Crippen LogP contribution is -2.19. The lowest BCUT2D eigenvalue weighted by atomic mass is 10.1. The molecule has 0 amide bonds. The molecular weight excluding hydrogens is 102 g/mol. The van der Waals surface area contributed by atoms with Gasteiger partial charge in [-0.25, -0.2) is 0 Å². The summed E-state index contributed by atoms with van der Waals surface area (Å²) >= 11 is 0. The van der Waals surface area contributed by atoms with Crippen LogP contribution in [0.5, 0.6) is 0 Å². The SMILES string of the molecule is C=C1CNC=CC1=O. The molecule has 0 fully saturated rings. The van der Waals surface area contributed by atoms with Gasteiger partial charge in [0.15, 0.2) is 5.78 Å². The second-order valence-corrected chi connectivity index (χ2v) is 1.68. The van der Waals surface area contributed by atoms with Crippen LogP contribution in [0.25, 0.3) is 0 Å². The van der Waals surface area contributed by atoms with Crippen LogP contribution < -0.4 is 5.32 Å². The van der Waals surface area contributed by atoms with Crippen LogP contribution in [0.4, 0.5) is 0 Å². The third-order valence-corrected chi connectivity index (χ3v) is 1.02. The first-order chi connectivity index (χ1) is 3.80. The van der Waals surface area contributed by atoms with E-state index in [2.05, 4.69) is 11.9 Å². The summed E-state index contributed by atoms with van der Waals surface area (Å²) in [7, 11) is 0.